The molecule has 1 aromatic carbocycles. The minimum absolute atomic E-state index is 0.00453. The average molecular weight is 308 g/mol. The molecule has 1 aromatic heterocycles. The molecule has 0 aliphatic rings. The summed E-state index contributed by atoms with van der Waals surface area (Å²) in [6, 6.07) is 7.86. The Morgan fingerprint density at radius 2 is 2.29 bits per heavy atom. The fourth-order valence-corrected chi connectivity index (χ4v) is 2.28. The van der Waals surface area contributed by atoms with E-state index in [0.29, 0.717) is 17.5 Å². The number of hydrogen-bond acceptors (Lipinski definition) is 7. The number of thioether (sulfide) groups is 1. The predicted molar refractivity (Wildman–Crippen MR) is 77.2 cm³/mol. The molecule has 21 heavy (non-hydrogen) atoms. The van der Waals surface area contributed by atoms with Crippen LogP contribution in [0.3, 0.4) is 0 Å². The van der Waals surface area contributed by atoms with E-state index in [4.69, 9.17) is 4.74 Å². The zero-order chi connectivity index (χ0) is 15.1. The van der Waals surface area contributed by atoms with Crippen LogP contribution in [0.1, 0.15) is 5.56 Å². The lowest BCUT2D eigenvalue weighted by molar-refractivity contribution is -0.141. The van der Waals surface area contributed by atoms with Gasteiger partial charge in [0.2, 0.25) is 5.16 Å². The van der Waals surface area contributed by atoms with Gasteiger partial charge in [0.25, 0.3) is 0 Å². The van der Waals surface area contributed by atoms with E-state index < -0.39 is 0 Å². The van der Waals surface area contributed by atoms with Gasteiger partial charge in [0.1, 0.15) is 12.3 Å². The Morgan fingerprint density at radius 1 is 1.43 bits per heavy atom. The molecule has 7 nitrogen and oxygen atoms in total. The maximum absolute atomic E-state index is 11.2. The number of nitrogens with zero attached hydrogens (tertiary/aromatic N) is 4. The standard InChI is InChI=1S/C13H16N4O3S/c1-10-4-3-5-11(8-10)20-6-7-21-13-14-15-16-17(13)9-12(18)19-2/h3-5,8H,6-7,9H2,1-2H3. The van der Waals surface area contributed by atoms with Crippen LogP contribution >= 0.6 is 11.8 Å². The van der Waals surface area contributed by atoms with Gasteiger partial charge in [-0.1, -0.05) is 23.9 Å². The summed E-state index contributed by atoms with van der Waals surface area (Å²) in [5, 5.41) is 11.7. The van der Waals surface area contributed by atoms with E-state index in [0.717, 1.165) is 11.3 Å². The summed E-state index contributed by atoms with van der Waals surface area (Å²) >= 11 is 1.42. The Kier molecular flexibility index (Phi) is 5.56. The first kappa shape index (κ1) is 15.3. The van der Waals surface area contributed by atoms with Crippen molar-refractivity contribution in [2.24, 2.45) is 0 Å². The Balaban J connectivity index is 1.79. The number of hydrogen-bond donors (Lipinski definition) is 0. The summed E-state index contributed by atoms with van der Waals surface area (Å²) in [6.07, 6.45) is 0. The lowest BCUT2D eigenvalue weighted by Gasteiger charge is -2.06. The van der Waals surface area contributed by atoms with Crippen molar-refractivity contribution in [1.82, 2.24) is 20.2 Å². The first-order valence-electron chi connectivity index (χ1n) is 6.34. The van der Waals surface area contributed by atoms with Crippen LogP contribution in [0.5, 0.6) is 5.75 Å². The average Bonchev–Trinajstić information content (AvgIpc) is 2.91. The van der Waals surface area contributed by atoms with Crippen molar-refractivity contribution in [2.45, 2.75) is 18.6 Å². The molecule has 2 aromatic rings. The molecule has 0 bridgehead atoms. The third-order valence-corrected chi connectivity index (χ3v) is 3.50. The van der Waals surface area contributed by atoms with Crippen LogP contribution in [-0.4, -0.2) is 45.6 Å². The van der Waals surface area contributed by atoms with Crippen molar-refractivity contribution in [3.63, 3.8) is 0 Å². The van der Waals surface area contributed by atoms with Crippen LogP contribution in [0.4, 0.5) is 0 Å². The van der Waals surface area contributed by atoms with Crippen molar-refractivity contribution in [3.8, 4) is 5.75 Å². The zero-order valence-electron chi connectivity index (χ0n) is 11.9. The molecule has 8 heteroatoms. The smallest absolute Gasteiger partial charge is 0.327 e. The quantitative estimate of drug-likeness (QED) is 0.433. The van der Waals surface area contributed by atoms with E-state index in [1.54, 1.807) is 0 Å². The Labute approximate surface area is 126 Å². The molecule has 0 saturated heterocycles. The van der Waals surface area contributed by atoms with E-state index in [-0.39, 0.29) is 12.5 Å². The van der Waals surface area contributed by atoms with E-state index in [1.807, 2.05) is 31.2 Å². The Morgan fingerprint density at radius 3 is 3.05 bits per heavy atom. The van der Waals surface area contributed by atoms with Gasteiger partial charge in [-0.2, -0.15) is 0 Å². The minimum atomic E-state index is -0.389. The monoisotopic (exact) mass is 308 g/mol. The van der Waals surface area contributed by atoms with Gasteiger partial charge in [0.15, 0.2) is 0 Å². The molecule has 0 aliphatic heterocycles. The molecular formula is C13H16N4O3S. The number of esters is 1. The number of rotatable bonds is 7. The van der Waals surface area contributed by atoms with Gasteiger partial charge in [-0.15, -0.1) is 5.10 Å². The summed E-state index contributed by atoms with van der Waals surface area (Å²) in [5.41, 5.74) is 1.15. The lowest BCUT2D eigenvalue weighted by atomic mass is 10.2. The predicted octanol–water partition coefficient (Wildman–Crippen LogP) is 1.33. The summed E-state index contributed by atoms with van der Waals surface area (Å²) in [6.45, 7) is 2.55. The molecule has 0 unspecified atom stereocenters. The Bertz CT molecular complexity index is 603. The second kappa shape index (κ2) is 7.63. The lowest BCUT2D eigenvalue weighted by Crippen LogP contribution is -2.14. The maximum atomic E-state index is 11.2. The summed E-state index contributed by atoms with van der Waals surface area (Å²) in [4.78, 5) is 11.2. The molecular weight excluding hydrogens is 292 g/mol. The zero-order valence-corrected chi connectivity index (χ0v) is 12.7. The summed E-state index contributed by atoms with van der Waals surface area (Å²) in [7, 11) is 1.33. The molecule has 0 spiro atoms. The number of aromatic nitrogens is 4. The van der Waals surface area contributed by atoms with Crippen LogP contribution in [0.15, 0.2) is 29.4 Å². The van der Waals surface area contributed by atoms with Crippen molar-refractivity contribution in [3.05, 3.63) is 29.8 Å². The molecule has 0 N–H and O–H groups in total. The highest BCUT2D eigenvalue weighted by atomic mass is 32.2. The molecule has 0 aliphatic carbocycles. The Hall–Kier alpha value is -2.09. The van der Waals surface area contributed by atoms with Crippen molar-refractivity contribution in [1.29, 1.82) is 0 Å². The largest absolute Gasteiger partial charge is 0.493 e. The van der Waals surface area contributed by atoms with Crippen LogP contribution < -0.4 is 4.74 Å². The highest BCUT2D eigenvalue weighted by molar-refractivity contribution is 7.99. The molecule has 0 saturated carbocycles. The molecule has 1 heterocycles. The van der Waals surface area contributed by atoms with Crippen molar-refractivity contribution < 1.29 is 14.3 Å². The van der Waals surface area contributed by atoms with Crippen molar-refractivity contribution in [2.75, 3.05) is 19.5 Å². The third-order valence-electron chi connectivity index (χ3n) is 2.58. The topological polar surface area (TPSA) is 79.1 Å². The number of ether oxygens (including phenoxy) is 2. The van der Waals surface area contributed by atoms with Crippen LogP contribution in [0.2, 0.25) is 0 Å². The fraction of sp³-hybridized carbons (Fsp3) is 0.385. The molecule has 0 amide bonds. The third kappa shape index (κ3) is 4.75. The fourth-order valence-electron chi connectivity index (χ4n) is 1.58. The number of benzene rings is 1. The molecule has 0 atom stereocenters. The highest BCUT2D eigenvalue weighted by Gasteiger charge is 2.10. The van der Waals surface area contributed by atoms with Gasteiger partial charge in [0.05, 0.1) is 13.7 Å². The number of carbonyl (C=O) groups is 1. The first-order valence-corrected chi connectivity index (χ1v) is 7.33. The van der Waals surface area contributed by atoms with Crippen LogP contribution in [0.25, 0.3) is 0 Å². The van der Waals surface area contributed by atoms with Gasteiger partial charge in [-0.25, -0.2) is 4.68 Å². The van der Waals surface area contributed by atoms with E-state index in [9.17, 15) is 4.79 Å². The second-order valence-corrected chi connectivity index (χ2v) is 5.27. The SMILES string of the molecule is COC(=O)Cn1nnnc1SCCOc1cccc(C)c1. The highest BCUT2D eigenvalue weighted by Crippen LogP contribution is 2.16. The summed E-state index contributed by atoms with van der Waals surface area (Å²) < 4.78 is 11.6. The first-order chi connectivity index (χ1) is 10.2. The normalized spacial score (nSPS) is 10.4. The van der Waals surface area contributed by atoms with Gasteiger partial charge in [-0.05, 0) is 35.0 Å². The molecule has 0 fully saturated rings. The van der Waals surface area contributed by atoms with E-state index in [1.165, 1.54) is 23.6 Å². The van der Waals surface area contributed by atoms with E-state index in [2.05, 4.69) is 20.3 Å². The minimum Gasteiger partial charge on any atom is -0.493 e. The summed E-state index contributed by atoms with van der Waals surface area (Å²) in [5.74, 6) is 1.13. The number of carbonyl (C=O) groups excluding carboxylic acids is 1. The van der Waals surface area contributed by atoms with E-state index >= 15 is 0 Å². The second-order valence-electron chi connectivity index (χ2n) is 4.21. The van der Waals surface area contributed by atoms with Gasteiger partial charge in [-0.3, -0.25) is 4.79 Å². The number of tetrazole rings is 1. The van der Waals surface area contributed by atoms with Gasteiger partial charge < -0.3 is 9.47 Å². The number of methoxy groups -OCH3 is 1. The molecule has 2 rings (SSSR count). The van der Waals surface area contributed by atoms with Crippen LogP contribution in [0, 0.1) is 6.92 Å². The van der Waals surface area contributed by atoms with Crippen molar-refractivity contribution >= 4 is 17.7 Å². The van der Waals surface area contributed by atoms with Gasteiger partial charge in [0, 0.05) is 5.75 Å². The van der Waals surface area contributed by atoms with Crippen LogP contribution in [-0.2, 0) is 16.1 Å². The molecule has 112 valence electrons. The van der Waals surface area contributed by atoms with Gasteiger partial charge >= 0.3 is 5.97 Å². The molecule has 0 radical (unpaired) electrons. The number of aryl methyl sites for hydroxylation is 1. The maximum Gasteiger partial charge on any atom is 0.327 e.